The first kappa shape index (κ1) is 25.0. The lowest BCUT2D eigenvalue weighted by atomic mass is 10.1. The average molecular weight is 394 g/mol. The van der Waals surface area contributed by atoms with Gasteiger partial charge in [0.05, 0.1) is 32.2 Å². The van der Waals surface area contributed by atoms with E-state index < -0.39 is 6.67 Å². The van der Waals surface area contributed by atoms with Crippen molar-refractivity contribution in [3.8, 4) is 0 Å². The highest BCUT2D eigenvalue weighted by molar-refractivity contribution is 5.72. The van der Waals surface area contributed by atoms with Gasteiger partial charge in [-0.25, -0.2) is 19.4 Å². The molecule has 0 radical (unpaired) electrons. The molecule has 0 spiro atoms. The van der Waals surface area contributed by atoms with E-state index in [2.05, 4.69) is 35.5 Å². The Kier molecular flexibility index (Phi) is 14.5. The smallest absolute Gasteiger partial charge is 0.303 e. The van der Waals surface area contributed by atoms with Crippen molar-refractivity contribution in [3.05, 3.63) is 42.6 Å². The number of aliphatic imine (C=N–C) groups is 1. The normalized spacial score (nSPS) is 13.1. The Morgan fingerprint density at radius 2 is 2.18 bits per heavy atom. The average Bonchev–Trinajstić information content (AvgIpc) is 3.23. The number of alkyl halides is 1. The summed E-state index contributed by atoms with van der Waals surface area (Å²) in [6.07, 6.45) is 12.9. The molecule has 3 N–H and O–H groups in total. The van der Waals surface area contributed by atoms with Crippen molar-refractivity contribution in [3.63, 3.8) is 0 Å². The summed E-state index contributed by atoms with van der Waals surface area (Å²) in [4.78, 5) is 8.53. The highest BCUT2D eigenvalue weighted by atomic mass is 19.1. The van der Waals surface area contributed by atoms with E-state index in [1.165, 1.54) is 12.7 Å². The largest absolute Gasteiger partial charge is 0.468 e. The van der Waals surface area contributed by atoms with E-state index in [0.717, 1.165) is 31.5 Å². The van der Waals surface area contributed by atoms with Gasteiger partial charge in [0.15, 0.2) is 0 Å². The van der Waals surface area contributed by atoms with Gasteiger partial charge in [0.25, 0.3) is 0 Å². The van der Waals surface area contributed by atoms with E-state index in [0.29, 0.717) is 12.8 Å². The van der Waals surface area contributed by atoms with Crippen molar-refractivity contribution in [2.45, 2.75) is 39.7 Å². The molecular formula is C19H32FN7O. The van der Waals surface area contributed by atoms with E-state index in [-0.39, 0.29) is 6.02 Å². The number of aromatic nitrogens is 2. The van der Waals surface area contributed by atoms with Crippen LogP contribution in [-0.4, -0.2) is 53.5 Å². The Morgan fingerprint density at radius 1 is 1.50 bits per heavy atom. The first-order chi connectivity index (χ1) is 13.6. The van der Waals surface area contributed by atoms with Crippen LogP contribution in [-0.2, 0) is 11.3 Å². The zero-order valence-electron chi connectivity index (χ0n) is 17.0. The predicted octanol–water partition coefficient (Wildman–Crippen LogP) is 3.35. The summed E-state index contributed by atoms with van der Waals surface area (Å²) in [6.45, 7) is 8.46. The molecule has 1 aromatic rings. The van der Waals surface area contributed by atoms with Gasteiger partial charge in [0.2, 0.25) is 0 Å². The molecule has 1 aliphatic rings. The van der Waals surface area contributed by atoms with Gasteiger partial charge in [-0.2, -0.15) is 0 Å². The van der Waals surface area contributed by atoms with Crippen molar-refractivity contribution in [2.75, 3.05) is 20.3 Å². The fraction of sp³-hybridized carbons (Fsp3) is 0.474. The van der Waals surface area contributed by atoms with Gasteiger partial charge in [0.1, 0.15) is 13.0 Å². The molecular weight excluding hydrogens is 361 g/mol. The number of nitrogens with two attached hydrogens (primary N) is 1. The number of ether oxygens (including phenoxy) is 1. The van der Waals surface area contributed by atoms with Crippen molar-refractivity contribution in [1.29, 1.82) is 5.41 Å². The van der Waals surface area contributed by atoms with E-state index in [1.54, 1.807) is 23.9 Å². The molecule has 28 heavy (non-hydrogen) atoms. The zero-order chi connectivity index (χ0) is 21.2. The Hall–Kier alpha value is -2.97. The number of allylic oxidation sites excluding steroid dienone is 2. The molecule has 0 saturated carbocycles. The Labute approximate surface area is 166 Å². The molecule has 0 aromatic carbocycles. The van der Waals surface area contributed by atoms with Crippen LogP contribution in [0.1, 0.15) is 33.1 Å². The van der Waals surface area contributed by atoms with E-state index in [9.17, 15) is 4.39 Å². The van der Waals surface area contributed by atoms with Crippen molar-refractivity contribution >= 4 is 18.6 Å². The predicted molar refractivity (Wildman–Crippen MR) is 113 cm³/mol. The first-order valence-corrected chi connectivity index (χ1v) is 9.07. The number of nitrogens with one attached hydrogen (secondary N) is 1. The summed E-state index contributed by atoms with van der Waals surface area (Å²) < 4.78 is 17.3. The summed E-state index contributed by atoms with van der Waals surface area (Å²) in [5.41, 5.74) is 7.89. The van der Waals surface area contributed by atoms with Crippen LogP contribution >= 0.6 is 0 Å². The number of nitrogens with zero attached hydrogens (tertiary/aromatic N) is 5. The molecule has 0 unspecified atom stereocenters. The van der Waals surface area contributed by atoms with Gasteiger partial charge in [-0.05, 0) is 18.4 Å². The molecule has 0 saturated heterocycles. The van der Waals surface area contributed by atoms with Crippen LogP contribution in [0.25, 0.3) is 0 Å². The minimum Gasteiger partial charge on any atom is -0.468 e. The molecule has 0 amide bonds. The Balaban J connectivity index is 0.000000776. The fourth-order valence-electron chi connectivity index (χ4n) is 2.01. The van der Waals surface area contributed by atoms with Gasteiger partial charge in [0, 0.05) is 18.6 Å². The summed E-state index contributed by atoms with van der Waals surface area (Å²) in [7, 11) is 1.49. The topological polar surface area (TPSA) is 105 Å². The number of imidazole rings is 1. The maximum absolute atomic E-state index is 10.5. The second-order valence-electron chi connectivity index (χ2n) is 5.58. The molecule has 2 rings (SSSR count). The fourth-order valence-corrected chi connectivity index (χ4v) is 2.01. The van der Waals surface area contributed by atoms with E-state index >= 15 is 0 Å². The van der Waals surface area contributed by atoms with E-state index in [1.807, 2.05) is 16.8 Å². The quantitative estimate of drug-likeness (QED) is 0.421. The maximum atomic E-state index is 10.5. The SMILES string of the molecule is C=CCC.CCCC1=C(Cn2ccnc2)N=CN(/N=C(\N)OC)C1.N=CCF. The van der Waals surface area contributed by atoms with Gasteiger partial charge in [-0.1, -0.05) is 26.3 Å². The van der Waals surface area contributed by atoms with Gasteiger partial charge < -0.3 is 20.4 Å². The van der Waals surface area contributed by atoms with Crippen molar-refractivity contribution in [2.24, 2.45) is 15.8 Å². The van der Waals surface area contributed by atoms with E-state index in [4.69, 9.17) is 15.9 Å². The van der Waals surface area contributed by atoms with Crippen LogP contribution in [0.2, 0.25) is 0 Å². The number of hydrazone groups is 1. The highest BCUT2D eigenvalue weighted by Gasteiger charge is 2.15. The third-order valence-electron chi connectivity index (χ3n) is 3.35. The Morgan fingerprint density at radius 3 is 2.64 bits per heavy atom. The standard InChI is InChI=1S/C13H20N6O.C4H8.C2H4FN/c1-3-4-11-7-19(17-13(14)20-2)10-16-12(11)8-18-6-5-15-9-18;1-3-4-2;3-1-2-4/h5-6,9-10H,3-4,7-8H2,1-2H3,(H2,14,17);3H,1,4H2,2H3;2,4H,1H2. The summed E-state index contributed by atoms with van der Waals surface area (Å²) in [5.74, 6) is 0. The van der Waals surface area contributed by atoms with Crippen LogP contribution in [0.4, 0.5) is 4.39 Å². The van der Waals surface area contributed by atoms with Gasteiger partial charge >= 0.3 is 6.02 Å². The molecule has 8 nitrogen and oxygen atoms in total. The maximum Gasteiger partial charge on any atom is 0.303 e. The second-order valence-corrected chi connectivity index (χ2v) is 5.58. The first-order valence-electron chi connectivity index (χ1n) is 9.07. The van der Waals surface area contributed by atoms with Crippen molar-refractivity contribution < 1.29 is 9.13 Å². The molecule has 156 valence electrons. The molecule has 0 atom stereocenters. The lowest BCUT2D eigenvalue weighted by Crippen LogP contribution is -2.28. The Bertz CT molecular complexity index is 631. The number of rotatable bonds is 7. The third-order valence-corrected chi connectivity index (χ3v) is 3.35. The highest BCUT2D eigenvalue weighted by Crippen LogP contribution is 2.19. The zero-order valence-corrected chi connectivity index (χ0v) is 17.0. The monoisotopic (exact) mass is 393 g/mol. The van der Waals surface area contributed by atoms with Gasteiger partial charge in [-0.15, -0.1) is 11.7 Å². The number of hydrogen-bond acceptors (Lipinski definition) is 6. The second kappa shape index (κ2) is 16.2. The lowest BCUT2D eigenvalue weighted by Gasteiger charge is -2.22. The summed E-state index contributed by atoms with van der Waals surface area (Å²) >= 11 is 0. The van der Waals surface area contributed by atoms with Crippen LogP contribution < -0.4 is 5.73 Å². The number of hydrogen-bond donors (Lipinski definition) is 2. The van der Waals surface area contributed by atoms with Crippen LogP contribution in [0.3, 0.4) is 0 Å². The van der Waals surface area contributed by atoms with Crippen LogP contribution in [0.15, 0.2) is 52.7 Å². The number of methoxy groups -OCH3 is 1. The van der Waals surface area contributed by atoms with Gasteiger partial charge in [-0.3, -0.25) is 0 Å². The molecule has 2 heterocycles. The molecule has 0 fully saturated rings. The third kappa shape index (κ3) is 10.9. The number of halogens is 1. The minimum atomic E-state index is -0.639. The van der Waals surface area contributed by atoms with Crippen LogP contribution in [0, 0.1) is 5.41 Å². The summed E-state index contributed by atoms with van der Waals surface area (Å²) in [5, 5.41) is 11.8. The molecule has 1 aliphatic heterocycles. The number of amidine groups is 1. The molecule has 1 aromatic heterocycles. The summed E-state index contributed by atoms with van der Waals surface area (Å²) in [6, 6.07) is 0.130. The van der Waals surface area contributed by atoms with Crippen LogP contribution in [0.5, 0.6) is 0 Å². The molecule has 0 bridgehead atoms. The minimum absolute atomic E-state index is 0.130. The van der Waals surface area contributed by atoms with Crippen molar-refractivity contribution in [1.82, 2.24) is 14.6 Å². The molecule has 9 heteroatoms. The molecule has 0 aliphatic carbocycles. The lowest BCUT2D eigenvalue weighted by molar-refractivity contribution is 0.368.